The van der Waals surface area contributed by atoms with Gasteiger partial charge in [0, 0.05) is 16.7 Å². The van der Waals surface area contributed by atoms with E-state index in [1.54, 1.807) is 7.11 Å². The summed E-state index contributed by atoms with van der Waals surface area (Å²) in [5, 5.41) is 5.16. The van der Waals surface area contributed by atoms with Crippen molar-refractivity contribution in [1.29, 1.82) is 0 Å². The van der Waals surface area contributed by atoms with Gasteiger partial charge in [-0.1, -0.05) is 97.6 Å². The summed E-state index contributed by atoms with van der Waals surface area (Å²) in [7, 11) is 1.68. The average molecular weight is 429 g/mol. The molecule has 0 N–H and O–H groups in total. The van der Waals surface area contributed by atoms with Gasteiger partial charge in [0.05, 0.1) is 18.5 Å². The molecular weight excluding hydrogens is 404 g/mol. The summed E-state index contributed by atoms with van der Waals surface area (Å²) in [6.45, 7) is 3.89. The first-order valence-electron chi connectivity index (χ1n) is 10.9. The zero-order chi connectivity index (χ0) is 22.6. The quantitative estimate of drug-likeness (QED) is 0.280. The lowest BCUT2D eigenvalue weighted by atomic mass is 9.95. The van der Waals surface area contributed by atoms with Crippen LogP contribution in [0.3, 0.4) is 0 Å². The molecule has 1 aromatic heterocycles. The van der Waals surface area contributed by atoms with Crippen LogP contribution in [0, 0.1) is 0 Å². The molecule has 3 nitrogen and oxygen atoms in total. The van der Waals surface area contributed by atoms with Gasteiger partial charge in [-0.3, -0.25) is 0 Å². The average Bonchev–Trinajstić information content (AvgIpc) is 3.30. The molecule has 160 valence electrons. The normalized spacial score (nSPS) is 10.7. The Bertz CT molecular complexity index is 1370. The summed E-state index contributed by atoms with van der Waals surface area (Å²) in [5.41, 5.74) is 8.43. The third-order valence-corrected chi connectivity index (χ3v) is 5.73. The van der Waals surface area contributed by atoms with E-state index in [2.05, 4.69) is 79.4 Å². The maximum absolute atomic E-state index is 5.37. The van der Waals surface area contributed by atoms with Gasteiger partial charge in [-0.15, -0.1) is 0 Å². The highest BCUT2D eigenvalue weighted by atomic mass is 16.5. The maximum atomic E-state index is 5.37. The fourth-order valence-electron chi connectivity index (χ4n) is 4.05. The molecule has 0 saturated heterocycles. The number of nitrogens with zero attached hydrogens (tertiary/aromatic N) is 2. The van der Waals surface area contributed by atoms with E-state index in [1.807, 2.05) is 47.2 Å². The van der Waals surface area contributed by atoms with Crippen LogP contribution in [-0.2, 0) is 0 Å². The van der Waals surface area contributed by atoms with E-state index in [-0.39, 0.29) is 0 Å². The number of methoxy groups -OCH3 is 1. The van der Waals surface area contributed by atoms with Gasteiger partial charge in [-0.05, 0) is 35.4 Å². The zero-order valence-electron chi connectivity index (χ0n) is 18.5. The molecule has 0 bridgehead atoms. The number of ether oxygens (including phenoxy) is 1. The first kappa shape index (κ1) is 20.5. The van der Waals surface area contributed by atoms with Crippen LogP contribution in [0.25, 0.3) is 45.4 Å². The van der Waals surface area contributed by atoms with Crippen molar-refractivity contribution < 1.29 is 4.74 Å². The second-order valence-electron chi connectivity index (χ2n) is 7.74. The van der Waals surface area contributed by atoms with E-state index in [0.29, 0.717) is 0 Å². The molecule has 0 aliphatic carbocycles. The van der Waals surface area contributed by atoms with Crippen LogP contribution >= 0.6 is 0 Å². The Kier molecular flexibility index (Phi) is 5.61. The van der Waals surface area contributed by atoms with Crippen LogP contribution < -0.4 is 4.74 Å². The molecule has 33 heavy (non-hydrogen) atoms. The van der Waals surface area contributed by atoms with Crippen molar-refractivity contribution in [2.45, 2.75) is 0 Å². The predicted octanol–water partition coefficient (Wildman–Crippen LogP) is 7.52. The fraction of sp³-hybridized carbons (Fsp3) is 0.0333. The SMILES string of the molecule is C=Cc1ccc(-c2c(-c3ccccc3)nn(-c3ccc(OC)cc3)c2-c2ccccc2)cc1. The molecule has 0 radical (unpaired) electrons. The lowest BCUT2D eigenvalue weighted by molar-refractivity contribution is 0.414. The third kappa shape index (κ3) is 3.97. The minimum atomic E-state index is 0.815. The van der Waals surface area contributed by atoms with Crippen LogP contribution in [0.1, 0.15) is 5.56 Å². The van der Waals surface area contributed by atoms with Crippen LogP contribution in [0.15, 0.2) is 116 Å². The highest BCUT2D eigenvalue weighted by Gasteiger charge is 2.23. The third-order valence-electron chi connectivity index (χ3n) is 5.73. The largest absolute Gasteiger partial charge is 0.497 e. The monoisotopic (exact) mass is 428 g/mol. The number of rotatable bonds is 6. The molecular formula is C30H24N2O. The van der Waals surface area contributed by atoms with Crippen molar-refractivity contribution in [3.63, 3.8) is 0 Å². The Balaban J connectivity index is 1.84. The lowest BCUT2D eigenvalue weighted by Gasteiger charge is -2.11. The molecule has 0 atom stereocenters. The van der Waals surface area contributed by atoms with Gasteiger partial charge < -0.3 is 4.74 Å². The molecule has 3 heteroatoms. The summed E-state index contributed by atoms with van der Waals surface area (Å²) in [5.74, 6) is 0.815. The van der Waals surface area contributed by atoms with Crippen molar-refractivity contribution in [3.05, 3.63) is 121 Å². The first-order valence-corrected chi connectivity index (χ1v) is 10.9. The molecule has 0 aliphatic heterocycles. The highest BCUT2D eigenvalue weighted by Crippen LogP contribution is 2.41. The Morgan fingerprint density at radius 1 is 0.697 bits per heavy atom. The van der Waals surface area contributed by atoms with Gasteiger partial charge in [0.1, 0.15) is 11.4 Å². The zero-order valence-corrected chi connectivity index (χ0v) is 18.5. The van der Waals surface area contributed by atoms with Gasteiger partial charge in [0.15, 0.2) is 0 Å². The summed E-state index contributed by atoms with van der Waals surface area (Å²) in [4.78, 5) is 0. The van der Waals surface area contributed by atoms with Crippen molar-refractivity contribution >= 4 is 6.08 Å². The smallest absolute Gasteiger partial charge is 0.119 e. The van der Waals surface area contributed by atoms with Crippen LogP contribution in [0.2, 0.25) is 0 Å². The minimum Gasteiger partial charge on any atom is -0.497 e. The summed E-state index contributed by atoms with van der Waals surface area (Å²) >= 11 is 0. The number of aromatic nitrogens is 2. The molecule has 5 aromatic rings. The molecule has 1 heterocycles. The van der Waals surface area contributed by atoms with E-state index in [4.69, 9.17) is 9.84 Å². The van der Waals surface area contributed by atoms with E-state index in [9.17, 15) is 0 Å². The molecule has 0 saturated carbocycles. The Labute approximate surface area is 194 Å². The summed E-state index contributed by atoms with van der Waals surface area (Å²) in [6.07, 6.45) is 1.86. The Morgan fingerprint density at radius 3 is 1.88 bits per heavy atom. The van der Waals surface area contributed by atoms with Crippen molar-refractivity contribution in [1.82, 2.24) is 9.78 Å². The molecule has 0 fully saturated rings. The number of hydrogen-bond donors (Lipinski definition) is 0. The van der Waals surface area contributed by atoms with E-state index in [1.165, 1.54) is 0 Å². The van der Waals surface area contributed by atoms with Gasteiger partial charge in [-0.25, -0.2) is 4.68 Å². The van der Waals surface area contributed by atoms with Crippen molar-refractivity contribution in [3.8, 4) is 45.1 Å². The molecule has 4 aromatic carbocycles. The molecule has 0 spiro atoms. The van der Waals surface area contributed by atoms with E-state index < -0.39 is 0 Å². The Hall–Kier alpha value is -4.37. The molecule has 0 unspecified atom stereocenters. The highest BCUT2D eigenvalue weighted by molar-refractivity contribution is 5.92. The van der Waals surface area contributed by atoms with Crippen molar-refractivity contribution in [2.24, 2.45) is 0 Å². The second-order valence-corrected chi connectivity index (χ2v) is 7.74. The Morgan fingerprint density at radius 2 is 1.30 bits per heavy atom. The van der Waals surface area contributed by atoms with Gasteiger partial charge in [0.2, 0.25) is 0 Å². The maximum Gasteiger partial charge on any atom is 0.119 e. The molecule has 0 amide bonds. The first-order chi connectivity index (χ1) is 16.3. The van der Waals surface area contributed by atoms with Gasteiger partial charge >= 0.3 is 0 Å². The topological polar surface area (TPSA) is 27.1 Å². The van der Waals surface area contributed by atoms with Crippen LogP contribution in [-0.4, -0.2) is 16.9 Å². The van der Waals surface area contributed by atoms with Gasteiger partial charge in [0.25, 0.3) is 0 Å². The predicted molar refractivity (Wildman–Crippen MR) is 137 cm³/mol. The van der Waals surface area contributed by atoms with Crippen LogP contribution in [0.4, 0.5) is 0 Å². The lowest BCUT2D eigenvalue weighted by Crippen LogP contribution is -1.99. The fourth-order valence-corrected chi connectivity index (χ4v) is 4.05. The van der Waals surface area contributed by atoms with Crippen LogP contribution in [0.5, 0.6) is 5.75 Å². The number of hydrogen-bond acceptors (Lipinski definition) is 2. The van der Waals surface area contributed by atoms with Gasteiger partial charge in [-0.2, -0.15) is 5.10 Å². The number of benzene rings is 4. The molecule has 5 rings (SSSR count). The second kappa shape index (κ2) is 9.01. The summed E-state index contributed by atoms with van der Waals surface area (Å²) < 4.78 is 7.41. The molecule has 0 aliphatic rings. The standard InChI is InChI=1S/C30H24N2O/c1-3-22-14-16-23(17-15-22)28-29(24-10-6-4-7-11-24)31-32(26-18-20-27(33-2)21-19-26)30(28)25-12-8-5-9-13-25/h3-21H,1H2,2H3. The summed E-state index contributed by atoms with van der Waals surface area (Å²) in [6, 6.07) is 37.3. The minimum absolute atomic E-state index is 0.815. The van der Waals surface area contributed by atoms with E-state index in [0.717, 1.165) is 50.6 Å². The van der Waals surface area contributed by atoms with Crippen molar-refractivity contribution in [2.75, 3.05) is 7.11 Å². The van der Waals surface area contributed by atoms with E-state index >= 15 is 0 Å².